The lowest BCUT2D eigenvalue weighted by Gasteiger charge is -2.19. The van der Waals surface area contributed by atoms with E-state index in [4.69, 9.17) is 4.74 Å². The van der Waals surface area contributed by atoms with Gasteiger partial charge in [-0.3, -0.25) is 0 Å². The van der Waals surface area contributed by atoms with Crippen LogP contribution >= 0.6 is 12.6 Å². The van der Waals surface area contributed by atoms with Crippen molar-refractivity contribution in [1.82, 2.24) is 0 Å². The third-order valence-corrected chi connectivity index (χ3v) is 2.17. The van der Waals surface area contributed by atoms with Crippen LogP contribution in [-0.4, -0.2) is 17.3 Å². The van der Waals surface area contributed by atoms with E-state index in [1.54, 1.807) is 12.1 Å². The molecule has 0 atom stereocenters. The van der Waals surface area contributed by atoms with Crippen molar-refractivity contribution in [3.05, 3.63) is 41.5 Å². The average molecular weight is 250 g/mol. The molecule has 0 aliphatic heterocycles. The number of carbonyl (C=O) groups excluding carboxylic acids is 1. The zero-order chi connectivity index (χ0) is 12.9. The van der Waals surface area contributed by atoms with Gasteiger partial charge in [0.25, 0.3) is 0 Å². The van der Waals surface area contributed by atoms with E-state index in [9.17, 15) is 4.79 Å². The molecule has 0 aromatic heterocycles. The van der Waals surface area contributed by atoms with Crippen molar-refractivity contribution in [2.45, 2.75) is 26.4 Å². The molecule has 0 amide bonds. The van der Waals surface area contributed by atoms with E-state index in [0.717, 1.165) is 5.56 Å². The molecule has 0 saturated heterocycles. The molecule has 1 aromatic carbocycles. The smallest absolute Gasteiger partial charge is 0.338 e. The predicted molar refractivity (Wildman–Crippen MR) is 74.5 cm³/mol. The second-order valence-electron chi connectivity index (χ2n) is 4.71. The van der Waals surface area contributed by atoms with Crippen LogP contribution in [0.25, 0.3) is 6.08 Å². The van der Waals surface area contributed by atoms with Gasteiger partial charge in [-0.25, -0.2) is 4.79 Å². The fraction of sp³-hybridized carbons (Fsp3) is 0.357. The van der Waals surface area contributed by atoms with Gasteiger partial charge in [0.15, 0.2) is 0 Å². The van der Waals surface area contributed by atoms with Crippen LogP contribution < -0.4 is 0 Å². The Morgan fingerprint density at radius 1 is 1.29 bits per heavy atom. The summed E-state index contributed by atoms with van der Waals surface area (Å²) in [5.74, 6) is 0.413. The van der Waals surface area contributed by atoms with Crippen LogP contribution in [0, 0.1) is 0 Å². The molecule has 0 saturated carbocycles. The molecule has 0 spiro atoms. The van der Waals surface area contributed by atoms with E-state index in [1.807, 2.05) is 45.1 Å². The van der Waals surface area contributed by atoms with Gasteiger partial charge in [0.05, 0.1) is 5.56 Å². The lowest BCUT2D eigenvalue weighted by molar-refractivity contribution is 0.00696. The maximum absolute atomic E-state index is 11.7. The van der Waals surface area contributed by atoms with Crippen molar-refractivity contribution >= 4 is 24.7 Å². The van der Waals surface area contributed by atoms with Gasteiger partial charge in [0.1, 0.15) is 5.60 Å². The molecule has 0 aliphatic rings. The second-order valence-corrected chi connectivity index (χ2v) is 5.07. The van der Waals surface area contributed by atoms with Crippen molar-refractivity contribution in [3.63, 3.8) is 0 Å². The molecule has 0 aliphatic carbocycles. The quantitative estimate of drug-likeness (QED) is 0.655. The molecule has 92 valence electrons. The Morgan fingerprint density at radius 2 is 1.88 bits per heavy atom. The number of benzene rings is 1. The number of esters is 1. The molecule has 0 fully saturated rings. The number of hydrogen-bond acceptors (Lipinski definition) is 3. The van der Waals surface area contributed by atoms with Crippen molar-refractivity contribution in [2.24, 2.45) is 0 Å². The van der Waals surface area contributed by atoms with E-state index < -0.39 is 5.60 Å². The lowest BCUT2D eigenvalue weighted by Crippen LogP contribution is -2.23. The first-order valence-electron chi connectivity index (χ1n) is 5.53. The summed E-state index contributed by atoms with van der Waals surface area (Å²) in [6.07, 6.45) is 3.91. The van der Waals surface area contributed by atoms with Crippen LogP contribution in [0.3, 0.4) is 0 Å². The van der Waals surface area contributed by atoms with Gasteiger partial charge in [-0.05, 0) is 38.5 Å². The highest BCUT2D eigenvalue weighted by Crippen LogP contribution is 2.13. The predicted octanol–water partition coefficient (Wildman–Crippen LogP) is 3.58. The van der Waals surface area contributed by atoms with Crippen molar-refractivity contribution in [3.8, 4) is 0 Å². The summed E-state index contributed by atoms with van der Waals surface area (Å²) in [7, 11) is 0. The molecular formula is C14H18O2S. The first kappa shape index (κ1) is 13.8. The molecule has 3 heteroatoms. The Labute approximate surface area is 108 Å². The first-order valence-corrected chi connectivity index (χ1v) is 6.16. The van der Waals surface area contributed by atoms with Crippen LogP contribution in [0.1, 0.15) is 36.7 Å². The Hall–Kier alpha value is -1.22. The third-order valence-electron chi connectivity index (χ3n) is 1.96. The highest BCUT2D eigenvalue weighted by Gasteiger charge is 2.17. The van der Waals surface area contributed by atoms with E-state index in [-0.39, 0.29) is 5.97 Å². The fourth-order valence-corrected chi connectivity index (χ4v) is 1.36. The van der Waals surface area contributed by atoms with Crippen LogP contribution in [0.15, 0.2) is 30.3 Å². The van der Waals surface area contributed by atoms with Crippen molar-refractivity contribution in [2.75, 3.05) is 5.75 Å². The lowest BCUT2D eigenvalue weighted by atomic mass is 10.1. The van der Waals surface area contributed by atoms with Gasteiger partial charge < -0.3 is 4.74 Å². The second kappa shape index (κ2) is 5.92. The van der Waals surface area contributed by atoms with Crippen molar-refractivity contribution in [1.29, 1.82) is 0 Å². The largest absolute Gasteiger partial charge is 0.456 e. The van der Waals surface area contributed by atoms with Gasteiger partial charge in [-0.15, -0.1) is 0 Å². The van der Waals surface area contributed by atoms with Crippen molar-refractivity contribution < 1.29 is 9.53 Å². The van der Waals surface area contributed by atoms with Gasteiger partial charge in [-0.1, -0.05) is 24.3 Å². The van der Waals surface area contributed by atoms with E-state index in [1.165, 1.54) is 0 Å². The molecule has 1 rings (SSSR count). The minimum Gasteiger partial charge on any atom is -0.456 e. The standard InChI is InChI=1S/C14H18O2S/c1-14(2,3)16-13(15)12-8-6-11(7-9-12)5-4-10-17/h4-9,17H,10H2,1-3H3. The van der Waals surface area contributed by atoms with Gasteiger partial charge in [-0.2, -0.15) is 12.6 Å². The SMILES string of the molecule is CC(C)(C)OC(=O)c1ccc(C=CCS)cc1. The summed E-state index contributed by atoms with van der Waals surface area (Å²) in [5.41, 5.74) is 1.16. The summed E-state index contributed by atoms with van der Waals surface area (Å²) in [4.78, 5) is 11.7. The van der Waals surface area contributed by atoms with Crippen LogP contribution in [0.5, 0.6) is 0 Å². The van der Waals surface area contributed by atoms with Crippen LogP contribution in [0.4, 0.5) is 0 Å². The van der Waals surface area contributed by atoms with E-state index >= 15 is 0 Å². The Balaban J connectivity index is 2.74. The zero-order valence-corrected chi connectivity index (χ0v) is 11.3. The minimum atomic E-state index is -0.457. The molecule has 0 unspecified atom stereocenters. The highest BCUT2D eigenvalue weighted by atomic mass is 32.1. The molecular weight excluding hydrogens is 232 g/mol. The maximum Gasteiger partial charge on any atom is 0.338 e. The number of hydrogen-bond donors (Lipinski definition) is 1. The summed E-state index contributed by atoms with van der Waals surface area (Å²) >= 11 is 4.09. The average Bonchev–Trinajstić information content (AvgIpc) is 2.24. The fourth-order valence-electron chi connectivity index (χ4n) is 1.26. The molecule has 0 radical (unpaired) electrons. The van der Waals surface area contributed by atoms with Gasteiger partial charge >= 0.3 is 5.97 Å². The summed E-state index contributed by atoms with van der Waals surface area (Å²) < 4.78 is 5.28. The molecule has 0 N–H and O–H groups in total. The number of thiol groups is 1. The third kappa shape index (κ3) is 5.09. The zero-order valence-electron chi connectivity index (χ0n) is 10.4. The normalized spacial score (nSPS) is 11.8. The van der Waals surface area contributed by atoms with E-state index in [0.29, 0.717) is 11.3 Å². The van der Waals surface area contributed by atoms with E-state index in [2.05, 4.69) is 12.6 Å². The number of rotatable bonds is 3. The molecule has 0 bridgehead atoms. The molecule has 2 nitrogen and oxygen atoms in total. The minimum absolute atomic E-state index is 0.290. The number of carbonyl (C=O) groups is 1. The summed E-state index contributed by atoms with van der Waals surface area (Å²) in [6, 6.07) is 7.32. The Kier molecular flexibility index (Phi) is 4.82. The summed E-state index contributed by atoms with van der Waals surface area (Å²) in [6.45, 7) is 5.57. The summed E-state index contributed by atoms with van der Waals surface area (Å²) in [5, 5.41) is 0. The van der Waals surface area contributed by atoms with Crippen LogP contribution in [-0.2, 0) is 4.74 Å². The van der Waals surface area contributed by atoms with Crippen LogP contribution in [0.2, 0.25) is 0 Å². The molecule has 17 heavy (non-hydrogen) atoms. The van der Waals surface area contributed by atoms with Gasteiger partial charge in [0.2, 0.25) is 0 Å². The topological polar surface area (TPSA) is 26.3 Å². The maximum atomic E-state index is 11.7. The molecule has 1 aromatic rings. The monoisotopic (exact) mass is 250 g/mol. The molecule has 0 heterocycles. The highest BCUT2D eigenvalue weighted by molar-refractivity contribution is 7.80. The Morgan fingerprint density at radius 3 is 2.35 bits per heavy atom. The first-order chi connectivity index (χ1) is 7.92. The number of ether oxygens (including phenoxy) is 1. The van der Waals surface area contributed by atoms with Gasteiger partial charge in [0, 0.05) is 5.75 Å². The Bertz CT molecular complexity index is 399.